The lowest BCUT2D eigenvalue weighted by molar-refractivity contribution is 0.149. The largest absolute Gasteiger partial charge is 0.343 e. The maximum absolute atomic E-state index is 9.54. The van der Waals surface area contributed by atoms with Crippen molar-refractivity contribution < 1.29 is 0 Å². The number of benzene rings is 1. The van der Waals surface area contributed by atoms with E-state index in [1.165, 1.54) is 28.5 Å². The molecule has 0 amide bonds. The number of hydrogen-bond acceptors (Lipinski definition) is 2. The maximum atomic E-state index is 9.54. The van der Waals surface area contributed by atoms with Gasteiger partial charge in [0.2, 0.25) is 0 Å². The molecule has 1 unspecified atom stereocenters. The molecule has 0 saturated carbocycles. The summed E-state index contributed by atoms with van der Waals surface area (Å²) in [7, 11) is 0. The van der Waals surface area contributed by atoms with Crippen molar-refractivity contribution in [3.8, 4) is 6.19 Å². The zero-order valence-electron chi connectivity index (χ0n) is 13.0. The van der Waals surface area contributed by atoms with E-state index in [0.717, 1.165) is 19.5 Å². The fourth-order valence-electron chi connectivity index (χ4n) is 4.50. The van der Waals surface area contributed by atoms with Crippen LogP contribution < -0.4 is 0 Å². The summed E-state index contributed by atoms with van der Waals surface area (Å²) in [5.74, 6) is 1.06. The van der Waals surface area contributed by atoms with E-state index in [9.17, 15) is 5.26 Å². The van der Waals surface area contributed by atoms with Gasteiger partial charge >= 0.3 is 0 Å². The first kappa shape index (κ1) is 13.5. The highest BCUT2D eigenvalue weighted by Crippen LogP contribution is 2.45. The summed E-state index contributed by atoms with van der Waals surface area (Å²) in [5.41, 5.74) is 4.15. The van der Waals surface area contributed by atoms with Gasteiger partial charge in [0.15, 0.2) is 6.19 Å². The van der Waals surface area contributed by atoms with Crippen molar-refractivity contribution in [3.63, 3.8) is 0 Å². The number of aromatic nitrogens is 1. The lowest BCUT2D eigenvalue weighted by atomic mass is 9.73. The van der Waals surface area contributed by atoms with E-state index >= 15 is 0 Å². The molecule has 1 aromatic heterocycles. The molecular formula is C19H21N3. The first-order valence-corrected chi connectivity index (χ1v) is 8.10. The Bertz CT molecular complexity index is 780. The Hall–Kier alpha value is -2.21. The first-order valence-electron chi connectivity index (χ1n) is 8.10. The molecule has 0 N–H and O–H groups in total. The number of rotatable bonds is 2. The van der Waals surface area contributed by atoms with Crippen LogP contribution in [0.4, 0.5) is 0 Å². The Morgan fingerprint density at radius 1 is 1.45 bits per heavy atom. The minimum Gasteiger partial charge on any atom is -0.343 e. The van der Waals surface area contributed by atoms with Crippen molar-refractivity contribution in [2.24, 2.45) is 5.92 Å². The number of piperidine rings is 1. The lowest BCUT2D eigenvalue weighted by Crippen LogP contribution is -2.46. The monoisotopic (exact) mass is 291 g/mol. The molecular weight excluding hydrogens is 270 g/mol. The molecule has 3 heteroatoms. The average Bonchev–Trinajstić information content (AvgIpc) is 2.87. The molecule has 0 bridgehead atoms. The van der Waals surface area contributed by atoms with Gasteiger partial charge in [-0.3, -0.25) is 0 Å². The topological polar surface area (TPSA) is 32.0 Å². The van der Waals surface area contributed by atoms with Crippen LogP contribution >= 0.6 is 0 Å². The van der Waals surface area contributed by atoms with Gasteiger partial charge in [-0.05, 0) is 36.0 Å². The summed E-state index contributed by atoms with van der Waals surface area (Å²) < 4.78 is 2.29. The summed E-state index contributed by atoms with van der Waals surface area (Å²) in [4.78, 5) is 2.02. The second kappa shape index (κ2) is 4.91. The Morgan fingerprint density at radius 3 is 3.09 bits per heavy atom. The number of nitrogens with zero attached hydrogens (tertiary/aromatic N) is 3. The highest BCUT2D eigenvalue weighted by atomic mass is 15.2. The summed E-state index contributed by atoms with van der Waals surface area (Å²) in [6.45, 7) is 7.87. The summed E-state index contributed by atoms with van der Waals surface area (Å²) in [5, 5.41) is 11.0. The molecule has 1 aromatic carbocycles. The van der Waals surface area contributed by atoms with Gasteiger partial charge in [0.05, 0.1) is 6.04 Å². The van der Waals surface area contributed by atoms with Gasteiger partial charge in [0, 0.05) is 36.1 Å². The van der Waals surface area contributed by atoms with Crippen LogP contribution in [-0.4, -0.2) is 22.1 Å². The fraction of sp³-hybridized carbons (Fsp3) is 0.421. The summed E-state index contributed by atoms with van der Waals surface area (Å²) >= 11 is 0. The van der Waals surface area contributed by atoms with Crippen LogP contribution in [0.1, 0.15) is 30.4 Å². The van der Waals surface area contributed by atoms with Gasteiger partial charge in [0.1, 0.15) is 0 Å². The van der Waals surface area contributed by atoms with Gasteiger partial charge < -0.3 is 9.47 Å². The molecule has 1 fully saturated rings. The highest BCUT2D eigenvalue weighted by Gasteiger charge is 2.39. The van der Waals surface area contributed by atoms with Gasteiger partial charge in [-0.2, -0.15) is 5.26 Å². The van der Waals surface area contributed by atoms with Gasteiger partial charge in [0.25, 0.3) is 0 Å². The van der Waals surface area contributed by atoms with Crippen molar-refractivity contribution in [2.75, 3.05) is 6.54 Å². The van der Waals surface area contributed by atoms with Crippen LogP contribution in [0.3, 0.4) is 0 Å². The van der Waals surface area contributed by atoms with Crippen LogP contribution in [-0.2, 0) is 13.0 Å². The van der Waals surface area contributed by atoms with E-state index in [4.69, 9.17) is 0 Å². The second-order valence-electron chi connectivity index (χ2n) is 6.81. The second-order valence-corrected chi connectivity index (χ2v) is 6.81. The lowest BCUT2D eigenvalue weighted by Gasteiger charge is -2.43. The molecule has 1 saturated heterocycles. The van der Waals surface area contributed by atoms with E-state index in [2.05, 4.69) is 48.7 Å². The smallest absolute Gasteiger partial charge is 0.179 e. The van der Waals surface area contributed by atoms with Crippen LogP contribution in [0, 0.1) is 17.4 Å². The minimum atomic E-state index is 0.332. The number of nitriles is 1. The van der Waals surface area contributed by atoms with Crippen molar-refractivity contribution in [2.45, 2.75) is 38.3 Å². The van der Waals surface area contributed by atoms with Crippen LogP contribution in [0.15, 0.2) is 37.1 Å². The Kier molecular flexibility index (Phi) is 3.00. The third-order valence-corrected chi connectivity index (χ3v) is 5.33. The molecule has 22 heavy (non-hydrogen) atoms. The molecule has 2 aliphatic rings. The molecule has 0 radical (unpaired) electrons. The third kappa shape index (κ3) is 1.80. The molecule has 2 aromatic rings. The van der Waals surface area contributed by atoms with Crippen molar-refractivity contribution in [1.29, 1.82) is 5.26 Å². The van der Waals surface area contributed by atoms with Gasteiger partial charge in [-0.15, -0.1) is 6.58 Å². The quantitative estimate of drug-likeness (QED) is 0.625. The van der Waals surface area contributed by atoms with E-state index in [1.807, 2.05) is 11.0 Å². The van der Waals surface area contributed by atoms with Crippen molar-refractivity contribution in [3.05, 3.63) is 48.2 Å². The molecule has 3 atom stereocenters. The van der Waals surface area contributed by atoms with Crippen LogP contribution in [0.2, 0.25) is 0 Å². The zero-order valence-corrected chi connectivity index (χ0v) is 13.0. The standard InChI is InChI=1S/C19H21N3/c1-3-7-21-11-14-9-18-16(8-13(2)10-22(18)12-20)15-5-4-6-17(21)19(14)15/h3-6,11,13,16,18H,1,7-10H2,2H3/t13-,16?,18-/m1/s1. The molecule has 1 aliphatic heterocycles. The average molecular weight is 291 g/mol. The molecule has 1 aliphatic carbocycles. The fourth-order valence-corrected chi connectivity index (χ4v) is 4.50. The van der Waals surface area contributed by atoms with E-state index in [1.54, 1.807) is 0 Å². The van der Waals surface area contributed by atoms with Gasteiger partial charge in [-0.25, -0.2) is 0 Å². The Balaban J connectivity index is 1.90. The van der Waals surface area contributed by atoms with Crippen molar-refractivity contribution >= 4 is 10.9 Å². The third-order valence-electron chi connectivity index (χ3n) is 5.33. The Labute approximate surface area is 131 Å². The number of likely N-dealkylation sites (tertiary alicyclic amines) is 1. The van der Waals surface area contributed by atoms with Crippen molar-refractivity contribution in [1.82, 2.24) is 9.47 Å². The molecule has 0 spiro atoms. The van der Waals surface area contributed by atoms with Crippen LogP contribution in [0.5, 0.6) is 0 Å². The molecule has 2 heterocycles. The normalized spacial score (nSPS) is 26.5. The molecule has 3 nitrogen and oxygen atoms in total. The van der Waals surface area contributed by atoms with Crippen LogP contribution in [0.25, 0.3) is 10.9 Å². The summed E-state index contributed by atoms with van der Waals surface area (Å²) in [6, 6.07) is 6.98. The minimum absolute atomic E-state index is 0.332. The predicted molar refractivity (Wildman–Crippen MR) is 88.5 cm³/mol. The number of fused-ring (bicyclic) bond motifs is 2. The molecule has 4 rings (SSSR count). The number of hydrogen-bond donors (Lipinski definition) is 0. The SMILES string of the molecule is C=CCn1cc2c3c(cccc31)C1C[C@@H](C)CN(C#N)[C@@H]1C2. The first-order chi connectivity index (χ1) is 10.7. The molecule has 112 valence electrons. The maximum Gasteiger partial charge on any atom is 0.179 e. The zero-order chi connectivity index (χ0) is 15.3. The highest BCUT2D eigenvalue weighted by molar-refractivity contribution is 5.89. The van der Waals surface area contributed by atoms with E-state index in [0.29, 0.717) is 17.9 Å². The van der Waals surface area contributed by atoms with E-state index < -0.39 is 0 Å². The predicted octanol–water partition coefficient (Wildman–Crippen LogP) is 3.66. The summed E-state index contributed by atoms with van der Waals surface area (Å²) in [6.07, 6.45) is 8.83. The van der Waals surface area contributed by atoms with Gasteiger partial charge in [-0.1, -0.05) is 25.1 Å². The van der Waals surface area contributed by atoms with E-state index in [-0.39, 0.29) is 0 Å². The number of allylic oxidation sites excluding steroid dienone is 1. The Morgan fingerprint density at radius 2 is 2.32 bits per heavy atom.